The molecule has 0 radical (unpaired) electrons. The van der Waals surface area contributed by atoms with Crippen molar-refractivity contribution in [3.05, 3.63) is 57.6 Å². The van der Waals surface area contributed by atoms with E-state index >= 15 is 0 Å². The number of para-hydroxylation sites is 1. The Balaban J connectivity index is 2.22. The summed E-state index contributed by atoms with van der Waals surface area (Å²) in [5.41, 5.74) is 0.941. The summed E-state index contributed by atoms with van der Waals surface area (Å²) in [4.78, 5) is 4.28. The lowest BCUT2D eigenvalue weighted by Gasteiger charge is -2.01. The summed E-state index contributed by atoms with van der Waals surface area (Å²) in [6.45, 7) is 2.05. The summed E-state index contributed by atoms with van der Waals surface area (Å²) < 4.78 is 0. The molecule has 2 aromatic carbocycles. The number of thioether (sulfide) groups is 1. The number of phenols is 2. The lowest BCUT2D eigenvalue weighted by molar-refractivity contribution is 0.474. The van der Waals surface area contributed by atoms with Gasteiger partial charge in [-0.2, -0.15) is 5.10 Å². The van der Waals surface area contributed by atoms with Crippen LogP contribution < -0.4 is 0 Å². The van der Waals surface area contributed by atoms with E-state index in [1.807, 2.05) is 6.92 Å². The summed E-state index contributed by atoms with van der Waals surface area (Å²) in [5.74, 6) is 0.842. The average Bonchev–Trinajstić information content (AvgIpc) is 2.62. The molecule has 5 nitrogen and oxygen atoms in total. The summed E-state index contributed by atoms with van der Waals surface area (Å²) in [7, 11) is 0. The molecule has 0 saturated heterocycles. The Morgan fingerprint density at radius 1 is 1.12 bits per heavy atom. The molecule has 0 atom stereocenters. The van der Waals surface area contributed by atoms with Crippen LogP contribution in [-0.4, -0.2) is 33.6 Å². The maximum atomic E-state index is 9.92. The van der Waals surface area contributed by atoms with Crippen molar-refractivity contribution in [2.45, 2.75) is 13.3 Å². The van der Waals surface area contributed by atoms with Gasteiger partial charge in [-0.15, -0.1) is 5.10 Å². The number of amidine groups is 1. The van der Waals surface area contributed by atoms with Crippen molar-refractivity contribution in [2.24, 2.45) is 15.2 Å². The number of aliphatic imine (C=N–C) groups is 1. The zero-order valence-corrected chi connectivity index (χ0v) is 16.3. The minimum atomic E-state index is -0.115. The highest BCUT2D eigenvalue weighted by atomic mass is 35.5. The molecular formula is C18H17Cl2N3O2S. The zero-order valence-electron chi connectivity index (χ0n) is 13.9. The second-order valence-corrected chi connectivity index (χ2v) is 7.02. The second kappa shape index (κ2) is 10.2. The molecule has 0 heterocycles. The summed E-state index contributed by atoms with van der Waals surface area (Å²) in [6.07, 6.45) is 3.83. The molecule has 0 spiro atoms. The van der Waals surface area contributed by atoms with Gasteiger partial charge in [0, 0.05) is 28.1 Å². The Morgan fingerprint density at radius 2 is 1.88 bits per heavy atom. The quantitative estimate of drug-likeness (QED) is 0.396. The number of hydrogen-bond acceptors (Lipinski definition) is 5. The average molecular weight is 410 g/mol. The van der Waals surface area contributed by atoms with Crippen molar-refractivity contribution in [2.75, 3.05) is 5.75 Å². The number of hydrogen-bond donors (Lipinski definition) is 2. The Bertz CT molecular complexity index is 854. The van der Waals surface area contributed by atoms with Crippen LogP contribution in [0.4, 0.5) is 0 Å². The maximum Gasteiger partial charge on any atom is 0.208 e. The fraction of sp³-hybridized carbons (Fsp3) is 0.167. The van der Waals surface area contributed by atoms with Crippen LogP contribution in [0.1, 0.15) is 24.5 Å². The van der Waals surface area contributed by atoms with Gasteiger partial charge in [-0.25, -0.2) is 4.99 Å². The fourth-order valence-electron chi connectivity index (χ4n) is 1.83. The molecule has 0 aliphatic heterocycles. The first kappa shape index (κ1) is 20.3. The Hall–Kier alpha value is -2.02. The zero-order chi connectivity index (χ0) is 18.9. The third kappa shape index (κ3) is 6.05. The van der Waals surface area contributed by atoms with Gasteiger partial charge in [0.15, 0.2) is 0 Å². The van der Waals surface area contributed by atoms with Gasteiger partial charge in [-0.3, -0.25) is 0 Å². The van der Waals surface area contributed by atoms with Crippen LogP contribution in [0.2, 0.25) is 10.0 Å². The third-order valence-electron chi connectivity index (χ3n) is 3.08. The highest BCUT2D eigenvalue weighted by Gasteiger charge is 2.06. The van der Waals surface area contributed by atoms with Gasteiger partial charge in [0.1, 0.15) is 11.5 Å². The number of rotatable bonds is 5. The number of nitrogens with zero attached hydrogens (tertiary/aromatic N) is 3. The van der Waals surface area contributed by atoms with Crippen LogP contribution in [0.5, 0.6) is 11.5 Å². The molecule has 0 aromatic heterocycles. The molecular weight excluding hydrogens is 393 g/mol. The number of halogens is 2. The maximum absolute atomic E-state index is 9.92. The number of phenolic OH excluding ortho intramolecular Hbond substituents is 2. The topological polar surface area (TPSA) is 77.5 Å². The predicted molar refractivity (Wildman–Crippen MR) is 112 cm³/mol. The highest BCUT2D eigenvalue weighted by Crippen LogP contribution is 2.30. The SMILES string of the molecule is CCCSC(=N\N=C\c1cc(Cl)cc(Cl)c1O)/N=C/c1ccccc1O. The molecule has 0 fully saturated rings. The van der Waals surface area contributed by atoms with E-state index in [1.165, 1.54) is 36.3 Å². The van der Waals surface area contributed by atoms with Crippen LogP contribution in [0, 0.1) is 0 Å². The lowest BCUT2D eigenvalue weighted by atomic mass is 10.2. The van der Waals surface area contributed by atoms with E-state index in [4.69, 9.17) is 23.2 Å². The minimum absolute atomic E-state index is 0.115. The van der Waals surface area contributed by atoms with E-state index < -0.39 is 0 Å². The molecule has 0 amide bonds. The predicted octanol–water partition coefficient (Wildman–Crippen LogP) is 5.36. The van der Waals surface area contributed by atoms with Gasteiger partial charge in [0.05, 0.1) is 11.2 Å². The first-order chi connectivity index (χ1) is 12.5. The van der Waals surface area contributed by atoms with Crippen molar-refractivity contribution in [1.29, 1.82) is 0 Å². The highest BCUT2D eigenvalue weighted by molar-refractivity contribution is 8.13. The van der Waals surface area contributed by atoms with Crippen molar-refractivity contribution in [1.82, 2.24) is 0 Å². The van der Waals surface area contributed by atoms with E-state index in [2.05, 4.69) is 15.2 Å². The summed E-state index contributed by atoms with van der Waals surface area (Å²) in [5, 5.41) is 28.7. The largest absolute Gasteiger partial charge is 0.507 e. The van der Waals surface area contributed by atoms with Crippen molar-refractivity contribution in [3.8, 4) is 11.5 Å². The van der Waals surface area contributed by atoms with Crippen LogP contribution in [0.3, 0.4) is 0 Å². The van der Waals surface area contributed by atoms with Crippen LogP contribution in [0.25, 0.3) is 0 Å². The van der Waals surface area contributed by atoms with Crippen molar-refractivity contribution >= 4 is 52.6 Å². The van der Waals surface area contributed by atoms with Gasteiger partial charge in [-0.1, -0.05) is 54.0 Å². The Labute approximate surface area is 166 Å². The normalized spacial score (nSPS) is 12.3. The summed E-state index contributed by atoms with van der Waals surface area (Å²) in [6, 6.07) is 9.85. The van der Waals surface area contributed by atoms with Crippen LogP contribution in [-0.2, 0) is 0 Å². The fourth-order valence-corrected chi connectivity index (χ4v) is 2.96. The Morgan fingerprint density at radius 3 is 2.62 bits per heavy atom. The van der Waals surface area contributed by atoms with E-state index in [9.17, 15) is 10.2 Å². The molecule has 2 rings (SSSR count). The van der Waals surface area contributed by atoms with E-state index in [0.29, 0.717) is 21.3 Å². The molecule has 2 N–H and O–H groups in total. The minimum Gasteiger partial charge on any atom is -0.507 e. The molecule has 0 bridgehead atoms. The van der Waals surface area contributed by atoms with Crippen molar-refractivity contribution < 1.29 is 10.2 Å². The van der Waals surface area contributed by atoms with Gasteiger partial charge < -0.3 is 10.2 Å². The van der Waals surface area contributed by atoms with Gasteiger partial charge in [0.2, 0.25) is 5.17 Å². The summed E-state index contributed by atoms with van der Waals surface area (Å²) >= 11 is 13.2. The van der Waals surface area contributed by atoms with Crippen molar-refractivity contribution in [3.63, 3.8) is 0 Å². The van der Waals surface area contributed by atoms with Gasteiger partial charge in [-0.05, 0) is 30.7 Å². The third-order valence-corrected chi connectivity index (χ3v) is 4.65. The van der Waals surface area contributed by atoms with E-state index in [-0.39, 0.29) is 16.5 Å². The molecule has 136 valence electrons. The van der Waals surface area contributed by atoms with Crippen LogP contribution in [0.15, 0.2) is 51.6 Å². The standard InChI is InChI=1S/C18H17Cl2N3O2S/c1-2-7-26-18(21-10-12-5-3-4-6-16(12)24)23-22-11-13-8-14(19)9-15(20)17(13)25/h3-6,8-11,24-25H,2,7H2,1H3/b21-10+,22-11+,23-18-. The first-order valence-electron chi connectivity index (χ1n) is 7.75. The van der Waals surface area contributed by atoms with E-state index in [1.54, 1.807) is 24.3 Å². The lowest BCUT2D eigenvalue weighted by Crippen LogP contribution is -1.92. The number of aromatic hydroxyl groups is 2. The Kier molecular flexibility index (Phi) is 7.97. The monoisotopic (exact) mass is 409 g/mol. The molecule has 0 aliphatic rings. The van der Waals surface area contributed by atoms with E-state index in [0.717, 1.165) is 12.2 Å². The molecule has 2 aromatic rings. The molecule has 0 unspecified atom stereocenters. The molecule has 0 saturated carbocycles. The van der Waals surface area contributed by atoms with Gasteiger partial charge in [0.25, 0.3) is 0 Å². The second-order valence-electron chi connectivity index (χ2n) is 5.12. The van der Waals surface area contributed by atoms with Crippen LogP contribution >= 0.6 is 35.0 Å². The first-order valence-corrected chi connectivity index (χ1v) is 9.49. The molecule has 8 heteroatoms. The molecule has 0 aliphatic carbocycles. The number of benzene rings is 2. The van der Waals surface area contributed by atoms with Gasteiger partial charge >= 0.3 is 0 Å². The molecule has 26 heavy (non-hydrogen) atoms. The smallest absolute Gasteiger partial charge is 0.208 e.